The van der Waals surface area contributed by atoms with Crippen LogP contribution in [0.25, 0.3) is 0 Å². The van der Waals surface area contributed by atoms with Crippen molar-refractivity contribution in [3.8, 4) is 11.5 Å². The number of ether oxygens (including phenoxy) is 2. The Morgan fingerprint density at radius 2 is 1.97 bits per heavy atom. The highest BCUT2D eigenvalue weighted by molar-refractivity contribution is 6.03. The van der Waals surface area contributed by atoms with Gasteiger partial charge in [0.05, 0.1) is 32.4 Å². The average molecular weight is 421 g/mol. The predicted octanol–water partition coefficient (Wildman–Crippen LogP) is 2.34. The standard InChI is InChI=1S/C22H23N5O4/c1-30-17-8-9-19(31-2)18(11-17)27-13-16(10-20(27)28)21(29)24-22-23-14-26(25-22)12-15-6-4-3-5-7-15/h3-9,11,14,16H,10,12-13H2,1-2H3,(H,24,25,29). The Hall–Kier alpha value is -3.88. The van der Waals surface area contributed by atoms with E-state index in [9.17, 15) is 9.59 Å². The molecule has 0 saturated carbocycles. The molecule has 31 heavy (non-hydrogen) atoms. The summed E-state index contributed by atoms with van der Waals surface area (Å²) >= 11 is 0. The highest BCUT2D eigenvalue weighted by Gasteiger charge is 2.36. The molecule has 3 aromatic rings. The van der Waals surface area contributed by atoms with Crippen LogP contribution in [-0.2, 0) is 16.1 Å². The molecule has 2 heterocycles. The SMILES string of the molecule is COc1ccc(OC)c(N2CC(C(=O)Nc3ncn(Cc4ccccc4)n3)CC2=O)c1. The van der Waals surface area contributed by atoms with E-state index in [0.29, 0.717) is 23.7 Å². The molecule has 9 nitrogen and oxygen atoms in total. The Bertz CT molecular complexity index is 1080. The van der Waals surface area contributed by atoms with Gasteiger partial charge in [0.2, 0.25) is 17.8 Å². The highest BCUT2D eigenvalue weighted by atomic mass is 16.5. The van der Waals surface area contributed by atoms with Crippen molar-refractivity contribution in [1.29, 1.82) is 0 Å². The summed E-state index contributed by atoms with van der Waals surface area (Å²) in [5.41, 5.74) is 1.65. The maximum atomic E-state index is 12.7. The number of carbonyl (C=O) groups excluding carboxylic acids is 2. The van der Waals surface area contributed by atoms with Crippen LogP contribution in [0.2, 0.25) is 0 Å². The number of nitrogens with one attached hydrogen (secondary N) is 1. The van der Waals surface area contributed by atoms with Crippen LogP contribution in [0, 0.1) is 5.92 Å². The van der Waals surface area contributed by atoms with Gasteiger partial charge >= 0.3 is 0 Å². The molecule has 1 aromatic heterocycles. The number of methoxy groups -OCH3 is 2. The summed E-state index contributed by atoms with van der Waals surface area (Å²) in [6.07, 6.45) is 1.66. The number of rotatable bonds is 7. The minimum Gasteiger partial charge on any atom is -0.497 e. The lowest BCUT2D eigenvalue weighted by molar-refractivity contribution is -0.122. The summed E-state index contributed by atoms with van der Waals surface area (Å²) in [6.45, 7) is 0.786. The average Bonchev–Trinajstić information content (AvgIpc) is 3.40. The third-order valence-corrected chi connectivity index (χ3v) is 5.13. The van der Waals surface area contributed by atoms with Crippen LogP contribution >= 0.6 is 0 Å². The molecule has 1 aliphatic rings. The van der Waals surface area contributed by atoms with Crippen LogP contribution in [0.4, 0.5) is 11.6 Å². The molecule has 1 fully saturated rings. The monoisotopic (exact) mass is 421 g/mol. The lowest BCUT2D eigenvalue weighted by atomic mass is 10.1. The second-order valence-corrected chi connectivity index (χ2v) is 7.18. The molecule has 2 aromatic carbocycles. The quantitative estimate of drug-likeness (QED) is 0.629. The van der Waals surface area contributed by atoms with Crippen LogP contribution in [0.1, 0.15) is 12.0 Å². The molecule has 4 rings (SSSR count). The molecule has 1 unspecified atom stereocenters. The normalized spacial score (nSPS) is 15.7. The Labute approximate surface area is 179 Å². The van der Waals surface area contributed by atoms with Crippen LogP contribution in [-0.4, -0.2) is 47.3 Å². The van der Waals surface area contributed by atoms with E-state index in [-0.39, 0.29) is 30.7 Å². The summed E-state index contributed by atoms with van der Waals surface area (Å²) in [5, 5.41) is 7.02. The third-order valence-electron chi connectivity index (χ3n) is 5.13. The van der Waals surface area contributed by atoms with Gasteiger partial charge in [-0.1, -0.05) is 30.3 Å². The van der Waals surface area contributed by atoms with Crippen molar-refractivity contribution in [2.24, 2.45) is 5.92 Å². The third kappa shape index (κ3) is 4.50. The van der Waals surface area contributed by atoms with E-state index in [1.165, 1.54) is 7.11 Å². The number of hydrogen-bond acceptors (Lipinski definition) is 6. The fourth-order valence-corrected chi connectivity index (χ4v) is 3.53. The zero-order valence-electron chi connectivity index (χ0n) is 17.3. The highest BCUT2D eigenvalue weighted by Crippen LogP contribution is 2.36. The molecule has 0 radical (unpaired) electrons. The van der Waals surface area contributed by atoms with Crippen molar-refractivity contribution in [1.82, 2.24) is 14.8 Å². The number of amides is 2. The van der Waals surface area contributed by atoms with Crippen molar-refractivity contribution < 1.29 is 19.1 Å². The summed E-state index contributed by atoms with van der Waals surface area (Å²) < 4.78 is 12.3. The van der Waals surface area contributed by atoms with Crippen molar-refractivity contribution in [3.05, 3.63) is 60.4 Å². The van der Waals surface area contributed by atoms with Crippen LogP contribution in [0.5, 0.6) is 11.5 Å². The van der Waals surface area contributed by atoms with Crippen LogP contribution in [0.15, 0.2) is 54.9 Å². The molecule has 1 saturated heterocycles. The summed E-state index contributed by atoms with van der Waals surface area (Å²) in [5.74, 6) is 0.376. The molecule has 0 spiro atoms. The molecular formula is C22H23N5O4. The first-order valence-corrected chi connectivity index (χ1v) is 9.84. The molecule has 0 bridgehead atoms. The summed E-state index contributed by atoms with van der Waals surface area (Å²) in [7, 11) is 3.09. The minimum atomic E-state index is -0.524. The van der Waals surface area contributed by atoms with Gasteiger partial charge < -0.3 is 14.4 Å². The van der Waals surface area contributed by atoms with Gasteiger partial charge in [0.25, 0.3) is 0 Å². The zero-order chi connectivity index (χ0) is 21.8. The topological polar surface area (TPSA) is 98.6 Å². The van der Waals surface area contributed by atoms with Crippen molar-refractivity contribution in [2.45, 2.75) is 13.0 Å². The molecule has 9 heteroatoms. The molecule has 160 valence electrons. The first-order valence-electron chi connectivity index (χ1n) is 9.84. The number of nitrogens with zero attached hydrogens (tertiary/aromatic N) is 4. The predicted molar refractivity (Wildman–Crippen MR) is 114 cm³/mol. The van der Waals surface area contributed by atoms with E-state index in [4.69, 9.17) is 9.47 Å². The lowest BCUT2D eigenvalue weighted by Gasteiger charge is -2.20. The van der Waals surface area contributed by atoms with Crippen molar-refractivity contribution in [2.75, 3.05) is 31.0 Å². The second kappa shape index (κ2) is 8.86. The van der Waals surface area contributed by atoms with Gasteiger partial charge in [-0.05, 0) is 17.7 Å². The van der Waals surface area contributed by atoms with Gasteiger partial charge in [0.1, 0.15) is 17.8 Å². The lowest BCUT2D eigenvalue weighted by Crippen LogP contribution is -2.28. The summed E-state index contributed by atoms with van der Waals surface area (Å²) in [6, 6.07) is 15.1. The zero-order valence-corrected chi connectivity index (χ0v) is 17.3. The maximum Gasteiger partial charge on any atom is 0.248 e. The van der Waals surface area contributed by atoms with Crippen molar-refractivity contribution >= 4 is 23.5 Å². The van der Waals surface area contributed by atoms with Gasteiger partial charge in [-0.3, -0.25) is 14.9 Å². The number of anilines is 2. The number of carbonyl (C=O) groups is 2. The first-order chi connectivity index (χ1) is 15.1. The Morgan fingerprint density at radius 1 is 1.16 bits per heavy atom. The van der Waals surface area contributed by atoms with Gasteiger partial charge in [0, 0.05) is 19.0 Å². The largest absolute Gasteiger partial charge is 0.497 e. The number of hydrogen-bond donors (Lipinski definition) is 1. The van der Waals surface area contributed by atoms with Gasteiger partial charge in [-0.15, -0.1) is 5.10 Å². The Kier molecular flexibility index (Phi) is 5.83. The van der Waals surface area contributed by atoms with Crippen LogP contribution < -0.4 is 19.7 Å². The number of benzene rings is 2. The molecule has 1 N–H and O–H groups in total. The summed E-state index contributed by atoms with van der Waals surface area (Å²) in [4.78, 5) is 31.1. The Morgan fingerprint density at radius 3 is 2.71 bits per heavy atom. The maximum absolute atomic E-state index is 12.7. The second-order valence-electron chi connectivity index (χ2n) is 7.18. The molecular weight excluding hydrogens is 398 g/mol. The fourth-order valence-electron chi connectivity index (χ4n) is 3.53. The van der Waals surface area contributed by atoms with Crippen LogP contribution in [0.3, 0.4) is 0 Å². The number of aromatic nitrogens is 3. The van der Waals surface area contributed by atoms with E-state index in [2.05, 4.69) is 15.4 Å². The molecule has 1 aliphatic heterocycles. The van der Waals surface area contributed by atoms with Crippen molar-refractivity contribution in [3.63, 3.8) is 0 Å². The van der Waals surface area contributed by atoms with E-state index in [1.807, 2.05) is 30.3 Å². The first kappa shape index (κ1) is 20.4. The molecule has 2 amide bonds. The molecule has 0 aliphatic carbocycles. The minimum absolute atomic E-state index is 0.0942. The van der Waals surface area contributed by atoms with E-state index in [0.717, 1.165) is 5.56 Å². The molecule has 1 atom stereocenters. The van der Waals surface area contributed by atoms with E-state index < -0.39 is 5.92 Å². The fraction of sp³-hybridized carbons (Fsp3) is 0.273. The van der Waals surface area contributed by atoms with Gasteiger partial charge in [0.15, 0.2) is 0 Å². The van der Waals surface area contributed by atoms with Gasteiger partial charge in [-0.25, -0.2) is 9.67 Å². The van der Waals surface area contributed by atoms with Gasteiger partial charge in [-0.2, -0.15) is 0 Å². The van der Waals surface area contributed by atoms with E-state index in [1.54, 1.807) is 41.2 Å². The smallest absolute Gasteiger partial charge is 0.248 e. The Balaban J connectivity index is 1.42. The van der Waals surface area contributed by atoms with E-state index >= 15 is 0 Å².